The normalized spacial score (nSPS) is 11.9. The average molecular weight is 571 g/mol. The van der Waals surface area contributed by atoms with Crippen LogP contribution in [-0.2, 0) is 11.2 Å². The van der Waals surface area contributed by atoms with E-state index in [-0.39, 0.29) is 12.1 Å². The Hall–Kier alpha value is -2.91. The standard InChI is InChI=1S/C39H54O3/c1-4-6-8-10-11-12-13-14-15-16-18-33-19-21-37(22-20-33)39(40)42-38-29-27-36(28-30-38)35-25-23-34(24-26-35)32(3)41-31-17-9-7-5-2/h19-30,32H,4-18,31H2,1-3H3. The summed E-state index contributed by atoms with van der Waals surface area (Å²) >= 11 is 0. The first-order chi connectivity index (χ1) is 20.6. The molecule has 0 saturated heterocycles. The van der Waals surface area contributed by atoms with Crippen LogP contribution in [-0.4, -0.2) is 12.6 Å². The number of benzene rings is 3. The summed E-state index contributed by atoms with van der Waals surface area (Å²) in [6, 6.07) is 24.2. The summed E-state index contributed by atoms with van der Waals surface area (Å²) in [4.78, 5) is 12.7. The average Bonchev–Trinajstić information content (AvgIpc) is 3.02. The molecule has 0 radical (unpaired) electrons. The minimum atomic E-state index is -0.318. The lowest BCUT2D eigenvalue weighted by Crippen LogP contribution is -2.08. The molecule has 0 amide bonds. The molecule has 0 aromatic heterocycles. The first-order valence-corrected chi connectivity index (χ1v) is 16.7. The van der Waals surface area contributed by atoms with Gasteiger partial charge in [-0.3, -0.25) is 0 Å². The molecule has 3 aromatic rings. The van der Waals surface area contributed by atoms with Crippen molar-refractivity contribution < 1.29 is 14.3 Å². The number of carbonyl (C=O) groups is 1. The van der Waals surface area contributed by atoms with Crippen LogP contribution in [0.15, 0.2) is 72.8 Å². The molecule has 0 aliphatic heterocycles. The minimum Gasteiger partial charge on any atom is -0.423 e. The van der Waals surface area contributed by atoms with Crippen molar-refractivity contribution in [2.24, 2.45) is 0 Å². The first-order valence-electron chi connectivity index (χ1n) is 16.7. The fourth-order valence-electron chi connectivity index (χ4n) is 5.34. The number of carbonyl (C=O) groups excluding carboxylic acids is 1. The molecule has 0 saturated carbocycles. The van der Waals surface area contributed by atoms with Gasteiger partial charge in [0, 0.05) is 6.61 Å². The maximum atomic E-state index is 12.7. The van der Waals surface area contributed by atoms with E-state index in [0.29, 0.717) is 11.3 Å². The van der Waals surface area contributed by atoms with Crippen LogP contribution in [0.5, 0.6) is 5.75 Å². The highest BCUT2D eigenvalue weighted by atomic mass is 16.5. The summed E-state index contributed by atoms with van der Waals surface area (Å²) in [5.74, 6) is 0.237. The van der Waals surface area contributed by atoms with Crippen molar-refractivity contribution in [1.82, 2.24) is 0 Å². The molecule has 0 heterocycles. The molecule has 3 nitrogen and oxygen atoms in total. The lowest BCUT2D eigenvalue weighted by molar-refractivity contribution is 0.0628. The van der Waals surface area contributed by atoms with E-state index in [1.165, 1.54) is 94.6 Å². The predicted molar refractivity (Wildman–Crippen MR) is 177 cm³/mol. The molecule has 42 heavy (non-hydrogen) atoms. The highest BCUT2D eigenvalue weighted by molar-refractivity contribution is 5.91. The van der Waals surface area contributed by atoms with Gasteiger partial charge in [-0.1, -0.05) is 139 Å². The zero-order valence-corrected chi connectivity index (χ0v) is 26.5. The summed E-state index contributed by atoms with van der Waals surface area (Å²) in [5, 5.41) is 0. The molecule has 0 fully saturated rings. The van der Waals surface area contributed by atoms with Crippen molar-refractivity contribution in [2.45, 2.75) is 123 Å². The van der Waals surface area contributed by atoms with Crippen LogP contribution < -0.4 is 4.74 Å². The quantitative estimate of drug-likeness (QED) is 0.0726. The number of hydrogen-bond donors (Lipinski definition) is 0. The van der Waals surface area contributed by atoms with Crippen molar-refractivity contribution in [3.05, 3.63) is 89.5 Å². The summed E-state index contributed by atoms with van der Waals surface area (Å²) in [6.45, 7) is 7.42. The fraction of sp³-hybridized carbons (Fsp3) is 0.513. The highest BCUT2D eigenvalue weighted by Gasteiger charge is 2.10. The zero-order valence-electron chi connectivity index (χ0n) is 26.5. The summed E-state index contributed by atoms with van der Waals surface area (Å²) in [7, 11) is 0. The Kier molecular flexibility index (Phi) is 16.1. The lowest BCUT2D eigenvalue weighted by atomic mass is 10.0. The van der Waals surface area contributed by atoms with E-state index in [9.17, 15) is 4.79 Å². The molecule has 3 aromatic carbocycles. The maximum Gasteiger partial charge on any atom is 0.343 e. The van der Waals surface area contributed by atoms with E-state index in [1.807, 2.05) is 36.4 Å². The van der Waals surface area contributed by atoms with Crippen LogP contribution in [0.4, 0.5) is 0 Å². The molecule has 3 heteroatoms. The molecule has 0 aliphatic rings. The van der Waals surface area contributed by atoms with Crippen molar-refractivity contribution >= 4 is 5.97 Å². The second-order valence-corrected chi connectivity index (χ2v) is 11.7. The molecule has 0 spiro atoms. The lowest BCUT2D eigenvalue weighted by Gasteiger charge is -2.14. The Labute approximate surface area is 256 Å². The van der Waals surface area contributed by atoms with Gasteiger partial charge < -0.3 is 9.47 Å². The SMILES string of the molecule is CCCCCCCCCCCCc1ccc(C(=O)Oc2ccc(-c3ccc(C(C)OCCCCCC)cc3)cc2)cc1. The van der Waals surface area contributed by atoms with Gasteiger partial charge in [0.2, 0.25) is 0 Å². The second kappa shape index (κ2) is 20.1. The third kappa shape index (κ3) is 12.5. The molecule has 228 valence electrons. The van der Waals surface area contributed by atoms with Crippen LogP contribution in [0, 0.1) is 0 Å². The van der Waals surface area contributed by atoms with Gasteiger partial charge in [-0.25, -0.2) is 4.79 Å². The van der Waals surface area contributed by atoms with Gasteiger partial charge in [0.1, 0.15) is 5.75 Å². The van der Waals surface area contributed by atoms with E-state index in [0.717, 1.165) is 30.6 Å². The van der Waals surface area contributed by atoms with Crippen LogP contribution in [0.1, 0.15) is 138 Å². The van der Waals surface area contributed by atoms with Gasteiger partial charge in [0.15, 0.2) is 0 Å². The van der Waals surface area contributed by atoms with E-state index in [2.05, 4.69) is 57.2 Å². The van der Waals surface area contributed by atoms with Crippen LogP contribution >= 0.6 is 0 Å². The smallest absolute Gasteiger partial charge is 0.343 e. The van der Waals surface area contributed by atoms with Gasteiger partial charge in [0.25, 0.3) is 0 Å². The Morgan fingerprint density at radius 3 is 1.67 bits per heavy atom. The zero-order chi connectivity index (χ0) is 29.8. The fourth-order valence-corrected chi connectivity index (χ4v) is 5.34. The second-order valence-electron chi connectivity index (χ2n) is 11.7. The maximum absolute atomic E-state index is 12.7. The molecule has 1 unspecified atom stereocenters. The molecular weight excluding hydrogens is 516 g/mol. The van der Waals surface area contributed by atoms with Crippen LogP contribution in [0.3, 0.4) is 0 Å². The number of hydrogen-bond acceptors (Lipinski definition) is 3. The molecule has 3 rings (SSSR count). The van der Waals surface area contributed by atoms with Gasteiger partial charge in [-0.2, -0.15) is 0 Å². The van der Waals surface area contributed by atoms with Gasteiger partial charge >= 0.3 is 5.97 Å². The minimum absolute atomic E-state index is 0.0937. The number of rotatable bonds is 21. The monoisotopic (exact) mass is 570 g/mol. The Morgan fingerprint density at radius 2 is 1.10 bits per heavy atom. The summed E-state index contributed by atoms with van der Waals surface area (Å²) < 4.78 is 11.7. The Balaban J connectivity index is 1.37. The van der Waals surface area contributed by atoms with E-state index in [4.69, 9.17) is 9.47 Å². The highest BCUT2D eigenvalue weighted by Crippen LogP contribution is 2.26. The van der Waals surface area contributed by atoms with Crippen LogP contribution in [0.25, 0.3) is 11.1 Å². The molecule has 0 N–H and O–H groups in total. The third-order valence-electron chi connectivity index (χ3n) is 8.15. The molecular formula is C39H54O3. The molecule has 0 aliphatic carbocycles. The van der Waals surface area contributed by atoms with Gasteiger partial charge in [-0.15, -0.1) is 0 Å². The number of unbranched alkanes of at least 4 members (excludes halogenated alkanes) is 12. The van der Waals surface area contributed by atoms with Crippen LogP contribution in [0.2, 0.25) is 0 Å². The number of aryl methyl sites for hydroxylation is 1. The molecule has 1 atom stereocenters. The predicted octanol–water partition coefficient (Wildman–Crippen LogP) is 11.7. The molecule has 0 bridgehead atoms. The summed E-state index contributed by atoms with van der Waals surface area (Å²) in [5.41, 5.74) is 5.28. The van der Waals surface area contributed by atoms with Crippen molar-refractivity contribution in [3.8, 4) is 16.9 Å². The Morgan fingerprint density at radius 1 is 0.595 bits per heavy atom. The summed E-state index contributed by atoms with van der Waals surface area (Å²) in [6.07, 6.45) is 19.5. The topological polar surface area (TPSA) is 35.5 Å². The van der Waals surface area contributed by atoms with E-state index < -0.39 is 0 Å². The number of ether oxygens (including phenoxy) is 2. The van der Waals surface area contributed by atoms with Crippen molar-refractivity contribution in [2.75, 3.05) is 6.61 Å². The number of esters is 1. The largest absolute Gasteiger partial charge is 0.423 e. The third-order valence-corrected chi connectivity index (χ3v) is 8.15. The van der Waals surface area contributed by atoms with E-state index >= 15 is 0 Å². The van der Waals surface area contributed by atoms with Gasteiger partial charge in [0.05, 0.1) is 11.7 Å². The van der Waals surface area contributed by atoms with Crippen molar-refractivity contribution in [3.63, 3.8) is 0 Å². The Bertz CT molecular complexity index is 1120. The van der Waals surface area contributed by atoms with Crippen molar-refractivity contribution in [1.29, 1.82) is 0 Å². The van der Waals surface area contributed by atoms with Gasteiger partial charge in [-0.05, 0) is 72.7 Å². The van der Waals surface area contributed by atoms with E-state index in [1.54, 1.807) is 0 Å². The first kappa shape index (κ1) is 33.6.